The zero-order chi connectivity index (χ0) is 13.0. The number of benzene rings is 1. The van der Waals surface area contributed by atoms with Crippen LogP contribution < -0.4 is 10.1 Å². The van der Waals surface area contributed by atoms with Crippen LogP contribution in [-0.2, 0) is 13.2 Å². The third kappa shape index (κ3) is 3.80. The molecule has 2 nitrogen and oxygen atoms in total. The Kier molecular flexibility index (Phi) is 4.74. The molecule has 0 aliphatic carbocycles. The molecule has 0 aliphatic rings. The molecule has 1 heterocycles. The van der Waals surface area contributed by atoms with E-state index < -0.39 is 0 Å². The van der Waals surface area contributed by atoms with Crippen LogP contribution in [0.5, 0.6) is 5.75 Å². The van der Waals surface area contributed by atoms with Gasteiger partial charge in [0.15, 0.2) is 0 Å². The lowest BCUT2D eigenvalue weighted by atomic mass is 10.2. The van der Waals surface area contributed by atoms with Gasteiger partial charge in [-0.15, -0.1) is 11.3 Å². The highest BCUT2D eigenvalue weighted by Crippen LogP contribution is 2.24. The molecular formula is C13H13BrFNOS. The number of nitrogens with one attached hydrogen (secondary N) is 1. The first-order chi connectivity index (χ1) is 8.67. The molecule has 0 aliphatic heterocycles. The van der Waals surface area contributed by atoms with Crippen molar-refractivity contribution in [3.8, 4) is 5.75 Å². The largest absolute Gasteiger partial charge is 0.488 e. The summed E-state index contributed by atoms with van der Waals surface area (Å²) in [6, 6.07) is 8.72. The van der Waals surface area contributed by atoms with Crippen molar-refractivity contribution in [3.05, 3.63) is 50.4 Å². The Hall–Kier alpha value is -0.910. The average molecular weight is 330 g/mol. The average Bonchev–Trinajstić information content (AvgIpc) is 2.72. The summed E-state index contributed by atoms with van der Waals surface area (Å²) >= 11 is 5.01. The van der Waals surface area contributed by atoms with E-state index in [0.717, 1.165) is 14.2 Å². The molecule has 0 atom stereocenters. The van der Waals surface area contributed by atoms with Crippen LogP contribution in [0.25, 0.3) is 0 Å². The maximum Gasteiger partial charge on any atom is 0.127 e. The maximum atomic E-state index is 13.4. The molecule has 96 valence electrons. The van der Waals surface area contributed by atoms with Gasteiger partial charge < -0.3 is 10.1 Å². The smallest absolute Gasteiger partial charge is 0.127 e. The standard InChI is InChI=1S/C13H13BrFNOS/c1-16-7-9-4-10(15)6-11(5-9)17-8-12-2-3-13(14)18-12/h2-6,16H,7-8H2,1H3. The number of halogens is 2. The lowest BCUT2D eigenvalue weighted by Gasteiger charge is -2.07. The van der Waals surface area contributed by atoms with Crippen LogP contribution in [0.4, 0.5) is 4.39 Å². The quantitative estimate of drug-likeness (QED) is 0.896. The molecule has 2 rings (SSSR count). The predicted octanol–water partition coefficient (Wildman–Crippen LogP) is 3.95. The van der Waals surface area contributed by atoms with E-state index in [1.54, 1.807) is 11.3 Å². The fraction of sp³-hybridized carbons (Fsp3) is 0.231. The number of hydrogen-bond donors (Lipinski definition) is 1. The summed E-state index contributed by atoms with van der Waals surface area (Å²) < 4.78 is 20.0. The molecule has 0 unspecified atom stereocenters. The van der Waals surface area contributed by atoms with Gasteiger partial charge in [0.2, 0.25) is 0 Å². The van der Waals surface area contributed by atoms with Gasteiger partial charge >= 0.3 is 0 Å². The van der Waals surface area contributed by atoms with E-state index in [9.17, 15) is 4.39 Å². The van der Waals surface area contributed by atoms with E-state index in [1.165, 1.54) is 12.1 Å². The van der Waals surface area contributed by atoms with Crippen LogP contribution >= 0.6 is 27.3 Å². The second kappa shape index (κ2) is 6.31. The molecule has 0 fully saturated rings. The molecule has 0 bridgehead atoms. The predicted molar refractivity (Wildman–Crippen MR) is 75.5 cm³/mol. The molecule has 2 aromatic rings. The van der Waals surface area contributed by atoms with Crippen molar-refractivity contribution in [1.82, 2.24) is 5.32 Å². The third-order valence-corrected chi connectivity index (χ3v) is 3.92. The van der Waals surface area contributed by atoms with Crippen molar-refractivity contribution < 1.29 is 9.13 Å². The summed E-state index contributed by atoms with van der Waals surface area (Å²) in [5, 5.41) is 2.99. The summed E-state index contributed by atoms with van der Waals surface area (Å²) in [5.41, 5.74) is 0.875. The summed E-state index contributed by atoms with van der Waals surface area (Å²) in [6.07, 6.45) is 0. The molecule has 0 spiro atoms. The van der Waals surface area contributed by atoms with Crippen molar-refractivity contribution in [2.75, 3.05) is 7.05 Å². The molecule has 0 amide bonds. The van der Waals surface area contributed by atoms with Gasteiger partial charge in [-0.2, -0.15) is 0 Å². The van der Waals surface area contributed by atoms with Gasteiger partial charge in [-0.25, -0.2) is 4.39 Å². The summed E-state index contributed by atoms with van der Waals surface area (Å²) in [4.78, 5) is 1.10. The fourth-order valence-electron chi connectivity index (χ4n) is 1.59. The van der Waals surface area contributed by atoms with Crippen molar-refractivity contribution in [1.29, 1.82) is 0 Å². The van der Waals surface area contributed by atoms with Crippen molar-refractivity contribution >= 4 is 27.3 Å². The van der Waals surface area contributed by atoms with Gasteiger partial charge in [-0.1, -0.05) is 0 Å². The molecule has 0 radical (unpaired) electrons. The second-order valence-corrected chi connectivity index (χ2v) is 6.37. The van der Waals surface area contributed by atoms with E-state index in [4.69, 9.17) is 4.74 Å². The highest BCUT2D eigenvalue weighted by atomic mass is 79.9. The van der Waals surface area contributed by atoms with Gasteiger partial charge in [0, 0.05) is 17.5 Å². The molecule has 0 saturated carbocycles. The van der Waals surface area contributed by atoms with Crippen LogP contribution in [0.15, 0.2) is 34.1 Å². The Morgan fingerprint density at radius 2 is 2.17 bits per heavy atom. The fourth-order valence-corrected chi connectivity index (χ4v) is 2.99. The van der Waals surface area contributed by atoms with Gasteiger partial charge in [-0.05, 0) is 52.8 Å². The van der Waals surface area contributed by atoms with Gasteiger partial charge in [0.25, 0.3) is 0 Å². The Morgan fingerprint density at radius 3 is 2.83 bits per heavy atom. The molecule has 5 heteroatoms. The lowest BCUT2D eigenvalue weighted by Crippen LogP contribution is -2.05. The van der Waals surface area contributed by atoms with E-state index in [0.29, 0.717) is 18.9 Å². The van der Waals surface area contributed by atoms with E-state index in [1.807, 2.05) is 25.2 Å². The van der Waals surface area contributed by atoms with Crippen LogP contribution in [0, 0.1) is 5.82 Å². The first-order valence-corrected chi connectivity index (χ1v) is 7.09. The zero-order valence-corrected chi connectivity index (χ0v) is 12.3. The zero-order valence-electron chi connectivity index (χ0n) is 9.87. The van der Waals surface area contributed by atoms with E-state index >= 15 is 0 Å². The van der Waals surface area contributed by atoms with Crippen LogP contribution in [0.3, 0.4) is 0 Å². The minimum Gasteiger partial charge on any atom is -0.488 e. The SMILES string of the molecule is CNCc1cc(F)cc(OCc2ccc(Br)s2)c1. The van der Waals surface area contributed by atoms with Crippen LogP contribution in [0.2, 0.25) is 0 Å². The first-order valence-electron chi connectivity index (χ1n) is 5.48. The van der Waals surface area contributed by atoms with E-state index in [2.05, 4.69) is 21.2 Å². The summed E-state index contributed by atoms with van der Waals surface area (Å²) in [5.74, 6) is 0.287. The van der Waals surface area contributed by atoms with Crippen molar-refractivity contribution in [2.24, 2.45) is 0 Å². The Labute approximate surface area is 118 Å². The Morgan fingerprint density at radius 1 is 1.33 bits per heavy atom. The number of rotatable bonds is 5. The summed E-state index contributed by atoms with van der Waals surface area (Å²) in [6.45, 7) is 1.08. The first kappa shape index (κ1) is 13.5. The second-order valence-electron chi connectivity index (χ2n) is 3.82. The minimum absolute atomic E-state index is 0.273. The van der Waals surface area contributed by atoms with Gasteiger partial charge in [0.1, 0.15) is 18.2 Å². The normalized spacial score (nSPS) is 10.6. The highest BCUT2D eigenvalue weighted by Gasteiger charge is 2.03. The molecule has 0 saturated heterocycles. The van der Waals surface area contributed by atoms with Crippen molar-refractivity contribution in [3.63, 3.8) is 0 Å². The lowest BCUT2D eigenvalue weighted by molar-refractivity contribution is 0.307. The number of thiophene rings is 1. The van der Waals surface area contributed by atoms with Crippen molar-refractivity contribution in [2.45, 2.75) is 13.2 Å². The molecular weight excluding hydrogens is 317 g/mol. The topological polar surface area (TPSA) is 21.3 Å². The van der Waals surface area contributed by atoms with Gasteiger partial charge in [-0.3, -0.25) is 0 Å². The van der Waals surface area contributed by atoms with Crippen LogP contribution in [0.1, 0.15) is 10.4 Å². The molecule has 1 N–H and O–H groups in total. The third-order valence-electron chi connectivity index (χ3n) is 2.32. The molecule has 1 aromatic carbocycles. The van der Waals surface area contributed by atoms with Crippen LogP contribution in [-0.4, -0.2) is 7.05 Å². The minimum atomic E-state index is -0.273. The van der Waals surface area contributed by atoms with Gasteiger partial charge in [0.05, 0.1) is 3.79 Å². The van der Waals surface area contributed by atoms with E-state index in [-0.39, 0.29) is 5.82 Å². The highest BCUT2D eigenvalue weighted by molar-refractivity contribution is 9.11. The molecule has 1 aromatic heterocycles. The molecule has 18 heavy (non-hydrogen) atoms. The number of hydrogen-bond acceptors (Lipinski definition) is 3. The monoisotopic (exact) mass is 329 g/mol. The Bertz CT molecular complexity index is 529. The number of ether oxygens (including phenoxy) is 1. The maximum absolute atomic E-state index is 13.4. The Balaban J connectivity index is 2.04. The summed E-state index contributed by atoms with van der Waals surface area (Å²) in [7, 11) is 1.83.